The molecule has 1 atom stereocenters. The Bertz CT molecular complexity index is 1990. The zero-order valence-electron chi connectivity index (χ0n) is 20.8. The average Bonchev–Trinajstić information content (AvgIpc) is 3.63. The normalized spacial score (nSPS) is 11.8. The SMILES string of the molecule is C[C@@H](NC(=O)c1c(N)nc2cccnn12)c1nc2[nH]nc(C#Cc3cnn(C)c3)c2c(=O)n1-c1ccccc1. The molecule has 0 radical (unpaired) electrons. The Kier molecular flexibility index (Phi) is 5.61. The van der Waals surface area contributed by atoms with Crippen molar-refractivity contribution < 1.29 is 4.79 Å². The Morgan fingerprint density at radius 1 is 1.10 bits per heavy atom. The predicted octanol–water partition coefficient (Wildman–Crippen LogP) is 1.36. The van der Waals surface area contributed by atoms with Crippen molar-refractivity contribution in [3.05, 3.63) is 94.2 Å². The number of fused-ring (bicyclic) bond motifs is 2. The van der Waals surface area contributed by atoms with Gasteiger partial charge in [0.2, 0.25) is 0 Å². The van der Waals surface area contributed by atoms with Gasteiger partial charge in [-0.15, -0.1) is 0 Å². The van der Waals surface area contributed by atoms with Crippen molar-refractivity contribution in [3.8, 4) is 17.5 Å². The number of amides is 1. The average molecular weight is 520 g/mol. The first-order valence-electron chi connectivity index (χ1n) is 11.9. The third-order valence-corrected chi connectivity index (χ3v) is 6.03. The van der Waals surface area contributed by atoms with Crippen LogP contribution in [0, 0.1) is 11.8 Å². The number of imidazole rings is 1. The second-order valence-electron chi connectivity index (χ2n) is 8.73. The van der Waals surface area contributed by atoms with Crippen molar-refractivity contribution in [2.75, 3.05) is 5.73 Å². The summed E-state index contributed by atoms with van der Waals surface area (Å²) in [6.07, 6.45) is 4.91. The van der Waals surface area contributed by atoms with Crippen LogP contribution in [-0.4, -0.2) is 50.0 Å². The first-order chi connectivity index (χ1) is 18.9. The van der Waals surface area contributed by atoms with Gasteiger partial charge in [0.05, 0.1) is 23.5 Å². The molecule has 0 aliphatic carbocycles. The summed E-state index contributed by atoms with van der Waals surface area (Å²) >= 11 is 0. The van der Waals surface area contributed by atoms with E-state index in [2.05, 4.69) is 47.5 Å². The standard InChI is InChI=1S/C26H21N11O2/c1-15(30-25(38)21-22(27)31-19-9-6-12-28-37(19)21)24-32-23-20(26(39)36(24)17-7-4-3-5-8-17)18(33-34-23)11-10-16-13-29-35(2)14-16/h3-9,12-15H,27H2,1-2H3,(H,30,38)(H,33,34)/t15-/m1/s1. The molecule has 0 aliphatic rings. The minimum atomic E-state index is -0.725. The molecule has 13 heteroatoms. The first kappa shape index (κ1) is 23.6. The number of aromatic amines is 1. The van der Waals surface area contributed by atoms with Crippen LogP contribution in [0.15, 0.2) is 65.8 Å². The molecule has 0 aliphatic heterocycles. The van der Waals surface area contributed by atoms with E-state index in [0.717, 1.165) is 0 Å². The molecule has 192 valence electrons. The van der Waals surface area contributed by atoms with Crippen LogP contribution in [0.1, 0.15) is 40.5 Å². The van der Waals surface area contributed by atoms with E-state index in [1.807, 2.05) is 18.2 Å². The van der Waals surface area contributed by atoms with Crippen LogP contribution in [0.25, 0.3) is 22.4 Å². The fourth-order valence-electron chi connectivity index (χ4n) is 4.27. The number of carbonyl (C=O) groups is 1. The summed E-state index contributed by atoms with van der Waals surface area (Å²) in [6.45, 7) is 1.72. The van der Waals surface area contributed by atoms with Gasteiger partial charge >= 0.3 is 0 Å². The molecule has 1 aromatic carbocycles. The molecule has 13 nitrogen and oxygen atoms in total. The van der Waals surface area contributed by atoms with Crippen LogP contribution in [0.2, 0.25) is 0 Å². The highest BCUT2D eigenvalue weighted by molar-refractivity contribution is 5.98. The maximum atomic E-state index is 13.9. The molecule has 39 heavy (non-hydrogen) atoms. The lowest BCUT2D eigenvalue weighted by molar-refractivity contribution is 0.0931. The topological polar surface area (TPSA) is 167 Å². The second kappa shape index (κ2) is 9.27. The van der Waals surface area contributed by atoms with E-state index in [9.17, 15) is 9.59 Å². The Morgan fingerprint density at radius 2 is 1.92 bits per heavy atom. The number of nitrogen functional groups attached to an aromatic ring is 1. The molecule has 6 rings (SSSR count). The van der Waals surface area contributed by atoms with Gasteiger partial charge in [0.1, 0.15) is 11.2 Å². The summed E-state index contributed by atoms with van der Waals surface area (Å²) in [7, 11) is 1.79. The largest absolute Gasteiger partial charge is 0.382 e. The van der Waals surface area contributed by atoms with E-state index in [0.29, 0.717) is 16.9 Å². The van der Waals surface area contributed by atoms with Crippen molar-refractivity contribution in [1.82, 2.24) is 49.4 Å². The minimum absolute atomic E-state index is 0.0349. The highest BCUT2D eigenvalue weighted by Gasteiger charge is 2.25. The molecule has 0 unspecified atom stereocenters. The number of benzene rings is 1. The van der Waals surface area contributed by atoms with Crippen LogP contribution in [0.3, 0.4) is 0 Å². The molecule has 5 heterocycles. The number of hydrogen-bond donors (Lipinski definition) is 3. The van der Waals surface area contributed by atoms with Gasteiger partial charge in [0, 0.05) is 19.4 Å². The molecule has 0 fully saturated rings. The molecule has 1 amide bonds. The van der Waals surface area contributed by atoms with Crippen molar-refractivity contribution in [3.63, 3.8) is 0 Å². The van der Waals surface area contributed by atoms with E-state index in [1.54, 1.807) is 55.3 Å². The smallest absolute Gasteiger partial charge is 0.274 e. The van der Waals surface area contributed by atoms with Gasteiger partial charge in [0.25, 0.3) is 11.5 Å². The van der Waals surface area contributed by atoms with E-state index in [1.165, 1.54) is 15.3 Å². The van der Waals surface area contributed by atoms with Crippen molar-refractivity contribution in [1.29, 1.82) is 0 Å². The summed E-state index contributed by atoms with van der Waals surface area (Å²) < 4.78 is 4.43. The van der Waals surface area contributed by atoms with Crippen molar-refractivity contribution >= 4 is 28.4 Å². The lowest BCUT2D eigenvalue weighted by Gasteiger charge is -2.19. The second-order valence-corrected chi connectivity index (χ2v) is 8.73. The van der Waals surface area contributed by atoms with Gasteiger partial charge < -0.3 is 11.1 Å². The summed E-state index contributed by atoms with van der Waals surface area (Å²) in [4.78, 5) is 36.1. The van der Waals surface area contributed by atoms with E-state index in [4.69, 9.17) is 5.73 Å². The van der Waals surface area contributed by atoms with Crippen LogP contribution < -0.4 is 16.6 Å². The molecule has 5 aromatic heterocycles. The first-order valence-corrected chi connectivity index (χ1v) is 11.9. The molecule has 4 N–H and O–H groups in total. The summed E-state index contributed by atoms with van der Waals surface area (Å²) in [5.41, 5.74) is 7.91. The fraction of sp³-hybridized carbons (Fsp3) is 0.115. The third-order valence-electron chi connectivity index (χ3n) is 6.03. The summed E-state index contributed by atoms with van der Waals surface area (Å²) in [5.74, 6) is 5.71. The quantitative estimate of drug-likeness (QED) is 0.294. The summed E-state index contributed by atoms with van der Waals surface area (Å²) in [5, 5.41) is 18.4. The van der Waals surface area contributed by atoms with Gasteiger partial charge in [-0.2, -0.15) is 15.3 Å². The van der Waals surface area contributed by atoms with Gasteiger partial charge in [0.15, 0.2) is 28.5 Å². The number of nitrogens with zero attached hydrogens (tertiary/aromatic N) is 8. The Labute approximate surface area is 220 Å². The van der Waals surface area contributed by atoms with E-state index >= 15 is 0 Å². The number of para-hydroxylation sites is 1. The molecule has 6 aromatic rings. The highest BCUT2D eigenvalue weighted by Crippen LogP contribution is 2.20. The Balaban J connectivity index is 1.45. The monoisotopic (exact) mass is 519 g/mol. The van der Waals surface area contributed by atoms with Gasteiger partial charge in [-0.25, -0.2) is 14.5 Å². The molecule has 0 bridgehead atoms. The highest BCUT2D eigenvalue weighted by atomic mass is 16.2. The number of rotatable bonds is 4. The molecule has 0 saturated carbocycles. The number of aryl methyl sites for hydroxylation is 1. The number of aromatic nitrogens is 9. The Morgan fingerprint density at radius 3 is 2.69 bits per heavy atom. The third kappa shape index (κ3) is 4.15. The van der Waals surface area contributed by atoms with Gasteiger partial charge in [-0.1, -0.05) is 24.1 Å². The van der Waals surface area contributed by atoms with Crippen molar-refractivity contribution in [2.24, 2.45) is 7.05 Å². The lowest BCUT2D eigenvalue weighted by atomic mass is 10.2. The van der Waals surface area contributed by atoms with Crippen LogP contribution in [0.4, 0.5) is 5.82 Å². The van der Waals surface area contributed by atoms with Gasteiger partial charge in [-0.3, -0.25) is 23.9 Å². The fourth-order valence-corrected chi connectivity index (χ4v) is 4.27. The number of nitrogens with two attached hydrogens (primary N) is 1. The Hall–Kier alpha value is -5.77. The number of carbonyl (C=O) groups excluding carboxylic acids is 1. The summed E-state index contributed by atoms with van der Waals surface area (Å²) in [6, 6.07) is 11.7. The van der Waals surface area contributed by atoms with E-state index < -0.39 is 11.9 Å². The zero-order valence-corrected chi connectivity index (χ0v) is 20.8. The molecule has 0 saturated heterocycles. The maximum absolute atomic E-state index is 13.9. The van der Waals surface area contributed by atoms with Crippen LogP contribution in [0.5, 0.6) is 0 Å². The van der Waals surface area contributed by atoms with Crippen molar-refractivity contribution in [2.45, 2.75) is 13.0 Å². The predicted molar refractivity (Wildman–Crippen MR) is 142 cm³/mol. The van der Waals surface area contributed by atoms with Gasteiger partial charge in [-0.05, 0) is 37.1 Å². The number of nitrogens with one attached hydrogen (secondary N) is 2. The number of hydrogen-bond acceptors (Lipinski definition) is 8. The van der Waals surface area contributed by atoms with Crippen LogP contribution in [-0.2, 0) is 7.05 Å². The minimum Gasteiger partial charge on any atom is -0.382 e. The molecular formula is C26H21N11O2. The lowest BCUT2D eigenvalue weighted by Crippen LogP contribution is -2.34. The molecule has 0 spiro atoms. The van der Waals surface area contributed by atoms with E-state index in [-0.39, 0.29) is 39.6 Å². The van der Waals surface area contributed by atoms with Crippen LogP contribution >= 0.6 is 0 Å². The number of H-pyrrole nitrogens is 1. The molecular weight excluding hydrogens is 498 g/mol. The zero-order chi connectivity index (χ0) is 27.1. The number of anilines is 1. The maximum Gasteiger partial charge on any atom is 0.274 e.